The number of aromatic nitrogens is 1. The van der Waals surface area contributed by atoms with Crippen molar-refractivity contribution in [1.82, 2.24) is 4.98 Å². The fourth-order valence-electron chi connectivity index (χ4n) is 2.83. The molecule has 0 amide bonds. The summed E-state index contributed by atoms with van der Waals surface area (Å²) < 4.78 is 16.2. The first kappa shape index (κ1) is 17.4. The van der Waals surface area contributed by atoms with Gasteiger partial charge in [-0.1, -0.05) is 6.92 Å². The average Bonchev–Trinajstić information content (AvgIpc) is 2.59. The number of nitrogens with two attached hydrogens (primary N) is 1. The van der Waals surface area contributed by atoms with Crippen LogP contribution in [0.5, 0.6) is 17.2 Å². The van der Waals surface area contributed by atoms with Crippen LogP contribution in [0.2, 0.25) is 0 Å². The van der Waals surface area contributed by atoms with Gasteiger partial charge in [-0.05, 0) is 25.0 Å². The van der Waals surface area contributed by atoms with Crippen LogP contribution in [0.3, 0.4) is 0 Å². The number of nitriles is 1. The summed E-state index contributed by atoms with van der Waals surface area (Å²) in [6, 6.07) is 5.70. The molecule has 0 aliphatic carbocycles. The Morgan fingerprint density at radius 1 is 1.08 bits per heavy atom. The number of hydrogen-bond donors (Lipinski definition) is 1. The van der Waals surface area contributed by atoms with Crippen LogP contribution in [0.1, 0.15) is 23.7 Å². The highest BCUT2D eigenvalue weighted by Crippen LogP contribution is 2.43. The second kappa shape index (κ2) is 7.09. The number of rotatable bonds is 5. The van der Waals surface area contributed by atoms with Crippen LogP contribution in [0.25, 0.3) is 11.1 Å². The van der Waals surface area contributed by atoms with Crippen LogP contribution < -0.4 is 19.9 Å². The molecule has 0 fully saturated rings. The molecule has 2 rings (SSSR count). The Morgan fingerprint density at radius 2 is 1.67 bits per heavy atom. The predicted molar refractivity (Wildman–Crippen MR) is 92.6 cm³/mol. The zero-order chi connectivity index (χ0) is 17.9. The first-order valence-corrected chi connectivity index (χ1v) is 7.51. The second-order valence-electron chi connectivity index (χ2n) is 5.18. The third-order valence-electron chi connectivity index (χ3n) is 3.97. The molecule has 0 spiro atoms. The first-order valence-electron chi connectivity index (χ1n) is 7.51. The van der Waals surface area contributed by atoms with Gasteiger partial charge >= 0.3 is 0 Å². The summed E-state index contributed by atoms with van der Waals surface area (Å²) in [4.78, 5) is 4.29. The Hall–Kier alpha value is -2.94. The monoisotopic (exact) mass is 327 g/mol. The quantitative estimate of drug-likeness (QED) is 0.907. The number of benzene rings is 1. The lowest BCUT2D eigenvalue weighted by Gasteiger charge is -2.19. The average molecular weight is 327 g/mol. The van der Waals surface area contributed by atoms with Gasteiger partial charge in [-0.25, -0.2) is 4.98 Å². The van der Waals surface area contributed by atoms with Crippen LogP contribution in [0.4, 0.5) is 5.82 Å². The number of nitrogen functional groups attached to an aromatic ring is 1. The topological polar surface area (TPSA) is 90.4 Å². The molecule has 6 heteroatoms. The Morgan fingerprint density at radius 3 is 2.17 bits per heavy atom. The van der Waals surface area contributed by atoms with E-state index in [0.717, 1.165) is 22.4 Å². The largest absolute Gasteiger partial charge is 0.496 e. The minimum Gasteiger partial charge on any atom is -0.496 e. The maximum atomic E-state index is 9.60. The summed E-state index contributed by atoms with van der Waals surface area (Å²) in [6.07, 6.45) is 0.709. The normalized spacial score (nSPS) is 10.2. The molecule has 1 aromatic carbocycles. The zero-order valence-corrected chi connectivity index (χ0v) is 14.6. The summed E-state index contributed by atoms with van der Waals surface area (Å²) in [5, 5.41) is 9.60. The molecule has 0 bridgehead atoms. The van der Waals surface area contributed by atoms with E-state index in [1.165, 1.54) is 0 Å². The fourth-order valence-corrected chi connectivity index (χ4v) is 2.83. The van der Waals surface area contributed by atoms with Crippen LogP contribution in [0, 0.1) is 18.3 Å². The van der Waals surface area contributed by atoms with Crippen molar-refractivity contribution >= 4 is 5.82 Å². The van der Waals surface area contributed by atoms with Crippen molar-refractivity contribution in [1.29, 1.82) is 5.26 Å². The molecule has 2 aromatic rings. The summed E-state index contributed by atoms with van der Waals surface area (Å²) >= 11 is 0. The first-order chi connectivity index (χ1) is 11.5. The lowest BCUT2D eigenvalue weighted by molar-refractivity contribution is 0.349. The van der Waals surface area contributed by atoms with E-state index in [0.29, 0.717) is 29.2 Å². The third-order valence-corrected chi connectivity index (χ3v) is 3.97. The highest BCUT2D eigenvalue weighted by atomic mass is 16.5. The van der Waals surface area contributed by atoms with Crippen LogP contribution >= 0.6 is 0 Å². The predicted octanol–water partition coefficient (Wildman–Crippen LogP) is 3.10. The highest BCUT2D eigenvalue weighted by molar-refractivity contribution is 5.84. The van der Waals surface area contributed by atoms with E-state index in [1.54, 1.807) is 33.5 Å². The molecule has 1 aromatic heterocycles. The van der Waals surface area contributed by atoms with E-state index in [2.05, 4.69) is 11.1 Å². The van der Waals surface area contributed by atoms with Gasteiger partial charge in [0.15, 0.2) is 11.5 Å². The molecule has 6 nitrogen and oxygen atoms in total. The van der Waals surface area contributed by atoms with Crippen molar-refractivity contribution in [2.45, 2.75) is 20.3 Å². The van der Waals surface area contributed by atoms with Crippen molar-refractivity contribution in [3.63, 3.8) is 0 Å². The minimum atomic E-state index is 0.207. The number of methoxy groups -OCH3 is 3. The summed E-state index contributed by atoms with van der Waals surface area (Å²) in [6.45, 7) is 3.89. The number of nitrogens with zero attached hydrogens (tertiary/aromatic N) is 2. The smallest absolute Gasteiger partial charge is 0.164 e. The second-order valence-corrected chi connectivity index (χ2v) is 5.18. The molecule has 1 heterocycles. The number of hydrogen-bond acceptors (Lipinski definition) is 6. The summed E-state index contributed by atoms with van der Waals surface area (Å²) in [7, 11) is 4.69. The lowest BCUT2D eigenvalue weighted by Crippen LogP contribution is -2.06. The summed E-state index contributed by atoms with van der Waals surface area (Å²) in [5.74, 6) is 1.88. The zero-order valence-electron chi connectivity index (χ0n) is 14.6. The number of anilines is 1. The molecule has 2 N–H and O–H groups in total. The van der Waals surface area contributed by atoms with E-state index >= 15 is 0 Å². The van der Waals surface area contributed by atoms with E-state index < -0.39 is 0 Å². The molecule has 0 atom stereocenters. The van der Waals surface area contributed by atoms with Gasteiger partial charge in [0.05, 0.1) is 21.3 Å². The van der Waals surface area contributed by atoms with Gasteiger partial charge in [-0.2, -0.15) is 5.26 Å². The Labute approximate surface area is 141 Å². The maximum absolute atomic E-state index is 9.60. The molecule has 0 radical (unpaired) electrons. The van der Waals surface area contributed by atoms with Crippen molar-refractivity contribution < 1.29 is 14.2 Å². The van der Waals surface area contributed by atoms with E-state index in [-0.39, 0.29) is 5.82 Å². The molecule has 0 unspecified atom stereocenters. The molecule has 24 heavy (non-hydrogen) atoms. The van der Waals surface area contributed by atoms with Gasteiger partial charge in [0.1, 0.15) is 23.2 Å². The standard InChI is InChI=1S/C18H21N3O3/c1-6-11-10(2)21-18(20)13(9-19)17(11)12-7-15(23-4)16(24-5)8-14(12)22-3/h7-8H,6H2,1-5H3,(H2,20,21). The number of ether oxygens (including phenoxy) is 3. The van der Waals surface area contributed by atoms with Crippen LogP contribution in [-0.4, -0.2) is 26.3 Å². The summed E-state index contributed by atoms with van der Waals surface area (Å²) in [5.41, 5.74) is 9.51. The Bertz CT molecular complexity index is 810. The lowest BCUT2D eigenvalue weighted by atomic mass is 9.92. The molecular formula is C18H21N3O3. The Kier molecular flexibility index (Phi) is 5.14. The van der Waals surface area contributed by atoms with Gasteiger partial charge < -0.3 is 19.9 Å². The van der Waals surface area contributed by atoms with Crippen molar-refractivity contribution in [3.8, 4) is 34.4 Å². The van der Waals surface area contributed by atoms with Gasteiger partial charge in [0, 0.05) is 22.9 Å². The van der Waals surface area contributed by atoms with E-state index in [1.807, 2.05) is 13.8 Å². The maximum Gasteiger partial charge on any atom is 0.164 e. The molecule has 0 saturated carbocycles. The molecular weight excluding hydrogens is 306 g/mol. The molecule has 0 aliphatic rings. The van der Waals surface area contributed by atoms with Crippen molar-refractivity contribution in [2.24, 2.45) is 0 Å². The van der Waals surface area contributed by atoms with Gasteiger partial charge in [0.2, 0.25) is 0 Å². The minimum absolute atomic E-state index is 0.207. The van der Waals surface area contributed by atoms with Crippen molar-refractivity contribution in [2.75, 3.05) is 27.1 Å². The van der Waals surface area contributed by atoms with Gasteiger partial charge in [-0.15, -0.1) is 0 Å². The van der Waals surface area contributed by atoms with Gasteiger partial charge in [-0.3, -0.25) is 0 Å². The molecule has 0 saturated heterocycles. The fraction of sp³-hybridized carbons (Fsp3) is 0.333. The number of pyridine rings is 1. The van der Waals surface area contributed by atoms with Gasteiger partial charge in [0.25, 0.3) is 0 Å². The van der Waals surface area contributed by atoms with Crippen LogP contribution in [0.15, 0.2) is 12.1 Å². The Balaban J connectivity index is 2.93. The third kappa shape index (κ3) is 2.81. The SMILES string of the molecule is CCc1c(C)nc(N)c(C#N)c1-c1cc(OC)c(OC)cc1OC. The molecule has 126 valence electrons. The van der Waals surface area contributed by atoms with E-state index in [4.69, 9.17) is 19.9 Å². The number of aryl methyl sites for hydroxylation is 1. The van der Waals surface area contributed by atoms with Crippen LogP contribution in [-0.2, 0) is 6.42 Å². The van der Waals surface area contributed by atoms with Crippen molar-refractivity contribution in [3.05, 3.63) is 29.0 Å². The van der Waals surface area contributed by atoms with E-state index in [9.17, 15) is 5.26 Å². The molecule has 0 aliphatic heterocycles. The highest BCUT2D eigenvalue weighted by Gasteiger charge is 2.22.